The fourth-order valence-electron chi connectivity index (χ4n) is 5.04. The normalized spacial score (nSPS) is 20.3. The van der Waals surface area contributed by atoms with Crippen LogP contribution in [0.5, 0.6) is 0 Å². The summed E-state index contributed by atoms with van der Waals surface area (Å²) in [6.45, 7) is 2.89. The first-order valence-corrected chi connectivity index (χ1v) is 11.9. The molecule has 0 bridgehead atoms. The summed E-state index contributed by atoms with van der Waals surface area (Å²) in [5, 5.41) is 3.01. The van der Waals surface area contributed by atoms with Crippen molar-refractivity contribution in [3.05, 3.63) is 29.8 Å². The van der Waals surface area contributed by atoms with Gasteiger partial charge in [-0.1, -0.05) is 18.2 Å². The number of carbonyl (C=O) groups excluding carboxylic acids is 3. The third-order valence-corrected chi connectivity index (χ3v) is 7.17. The predicted octanol–water partition coefficient (Wildman–Crippen LogP) is 2.23. The molecular weight excluding hydrogens is 422 g/mol. The minimum absolute atomic E-state index is 0.0791. The fourth-order valence-corrected chi connectivity index (χ4v) is 5.04. The third kappa shape index (κ3) is 5.58. The van der Waals surface area contributed by atoms with Crippen LogP contribution in [0.1, 0.15) is 31.2 Å². The van der Waals surface area contributed by atoms with E-state index in [1.165, 1.54) is 0 Å². The van der Waals surface area contributed by atoms with Crippen molar-refractivity contribution in [1.29, 1.82) is 0 Å². The van der Waals surface area contributed by atoms with Crippen LogP contribution in [0.2, 0.25) is 0 Å². The van der Waals surface area contributed by atoms with Crippen molar-refractivity contribution < 1.29 is 19.1 Å². The van der Waals surface area contributed by atoms with Gasteiger partial charge in [0.25, 0.3) is 5.91 Å². The quantitative estimate of drug-likeness (QED) is 0.750. The Balaban J connectivity index is 1.20. The van der Waals surface area contributed by atoms with Gasteiger partial charge in [-0.05, 0) is 57.8 Å². The van der Waals surface area contributed by atoms with E-state index in [9.17, 15) is 14.4 Å². The van der Waals surface area contributed by atoms with Crippen LogP contribution in [0.3, 0.4) is 0 Å². The number of urea groups is 1. The molecule has 1 aromatic rings. The summed E-state index contributed by atoms with van der Waals surface area (Å²) in [5.74, 6) is -0.128. The van der Waals surface area contributed by atoms with Crippen LogP contribution in [0.15, 0.2) is 24.3 Å². The van der Waals surface area contributed by atoms with Crippen molar-refractivity contribution >= 4 is 23.7 Å². The predicted molar refractivity (Wildman–Crippen MR) is 125 cm³/mol. The van der Waals surface area contributed by atoms with Crippen molar-refractivity contribution in [1.82, 2.24) is 19.6 Å². The second-order valence-corrected chi connectivity index (χ2v) is 9.38. The Morgan fingerprint density at radius 2 is 1.67 bits per heavy atom. The van der Waals surface area contributed by atoms with Crippen LogP contribution in [0.4, 0.5) is 15.3 Å². The first-order chi connectivity index (χ1) is 15.9. The number of nitrogens with one attached hydrogen (secondary N) is 1. The van der Waals surface area contributed by atoms with Gasteiger partial charge in [-0.2, -0.15) is 0 Å². The Bertz CT molecular complexity index is 860. The highest BCUT2D eigenvalue weighted by atomic mass is 16.6. The lowest BCUT2D eigenvalue weighted by molar-refractivity contribution is -0.136. The van der Waals surface area contributed by atoms with E-state index < -0.39 is 6.09 Å². The van der Waals surface area contributed by atoms with Crippen molar-refractivity contribution in [3.8, 4) is 0 Å². The molecule has 2 saturated heterocycles. The van der Waals surface area contributed by atoms with Crippen molar-refractivity contribution in [3.63, 3.8) is 0 Å². The second-order valence-electron chi connectivity index (χ2n) is 9.38. The van der Waals surface area contributed by atoms with Crippen molar-refractivity contribution in [2.75, 3.05) is 58.7 Å². The minimum Gasteiger partial charge on any atom is -0.439 e. The van der Waals surface area contributed by atoms with E-state index in [0.29, 0.717) is 51.6 Å². The number of hydrogen-bond acceptors (Lipinski definition) is 5. The van der Waals surface area contributed by atoms with Crippen molar-refractivity contribution in [2.45, 2.75) is 44.2 Å². The molecule has 0 radical (unpaired) electrons. The average molecular weight is 458 g/mol. The molecule has 4 rings (SSSR count). The maximum absolute atomic E-state index is 12.7. The van der Waals surface area contributed by atoms with Gasteiger partial charge in [0.15, 0.2) is 6.61 Å². The number of hydrogen-bond donors (Lipinski definition) is 1. The summed E-state index contributed by atoms with van der Waals surface area (Å²) in [7, 11) is 4.12. The lowest BCUT2D eigenvalue weighted by Crippen LogP contribution is -2.50. The van der Waals surface area contributed by atoms with Gasteiger partial charge in [-0.25, -0.2) is 9.59 Å². The van der Waals surface area contributed by atoms with Crippen molar-refractivity contribution in [2.24, 2.45) is 0 Å². The maximum Gasteiger partial charge on any atom is 0.410 e. The zero-order valence-electron chi connectivity index (χ0n) is 19.7. The largest absolute Gasteiger partial charge is 0.439 e. The SMILES string of the molecule is CN(C)C1CCN(C(=O)COC(=O)N2CCC(N3CCc4ccccc4NC3=O)CC2)CC1. The van der Waals surface area contributed by atoms with Gasteiger partial charge in [0.2, 0.25) is 0 Å². The number of piperidine rings is 2. The zero-order chi connectivity index (χ0) is 23.4. The van der Waals surface area contributed by atoms with Gasteiger partial charge in [0, 0.05) is 50.5 Å². The molecule has 4 amide bonds. The molecule has 1 aromatic carbocycles. The number of carbonyl (C=O) groups is 3. The number of amides is 4. The summed E-state index contributed by atoms with van der Waals surface area (Å²) < 4.78 is 5.33. The molecule has 0 aliphatic carbocycles. The van der Waals surface area contributed by atoms with Crippen LogP contribution >= 0.6 is 0 Å². The van der Waals surface area contributed by atoms with Gasteiger partial charge in [0.05, 0.1) is 0 Å². The summed E-state index contributed by atoms with van der Waals surface area (Å²) in [5.41, 5.74) is 2.02. The first-order valence-electron chi connectivity index (χ1n) is 11.9. The molecule has 9 heteroatoms. The van der Waals surface area contributed by atoms with Crippen LogP contribution < -0.4 is 5.32 Å². The summed E-state index contributed by atoms with van der Waals surface area (Å²) >= 11 is 0. The van der Waals surface area contributed by atoms with Gasteiger partial charge >= 0.3 is 12.1 Å². The van der Waals surface area contributed by atoms with Gasteiger partial charge in [-0.3, -0.25) is 4.79 Å². The number of rotatable bonds is 4. The highest BCUT2D eigenvalue weighted by Crippen LogP contribution is 2.24. The smallest absolute Gasteiger partial charge is 0.410 e. The molecule has 3 heterocycles. The van der Waals surface area contributed by atoms with E-state index in [-0.39, 0.29) is 24.6 Å². The van der Waals surface area contributed by atoms with Crippen LogP contribution in [-0.4, -0.2) is 103 Å². The van der Waals surface area contributed by atoms with E-state index >= 15 is 0 Å². The molecule has 0 aromatic heterocycles. The molecule has 0 unspecified atom stereocenters. The average Bonchev–Trinajstić information content (AvgIpc) is 3.00. The molecular formula is C24H35N5O4. The van der Waals surface area contributed by atoms with Gasteiger partial charge < -0.3 is 29.7 Å². The molecule has 0 spiro atoms. The van der Waals surface area contributed by atoms with Crippen LogP contribution in [-0.2, 0) is 16.0 Å². The molecule has 0 saturated carbocycles. The van der Waals surface area contributed by atoms with E-state index in [1.54, 1.807) is 9.80 Å². The highest BCUT2D eigenvalue weighted by molar-refractivity contribution is 5.91. The van der Waals surface area contributed by atoms with Crippen LogP contribution in [0, 0.1) is 0 Å². The van der Waals surface area contributed by atoms with E-state index in [2.05, 4.69) is 24.3 Å². The maximum atomic E-state index is 12.7. The first kappa shape index (κ1) is 23.4. The molecule has 2 fully saturated rings. The topological polar surface area (TPSA) is 85.4 Å². The number of nitrogens with zero attached hydrogens (tertiary/aromatic N) is 4. The Morgan fingerprint density at radius 3 is 2.36 bits per heavy atom. The van der Waals surface area contributed by atoms with Crippen LogP contribution in [0.25, 0.3) is 0 Å². The lowest BCUT2D eigenvalue weighted by Gasteiger charge is -2.37. The standard InChI is InChI=1S/C24H35N5O4/c1-26(2)19-8-12-27(13-9-19)22(30)17-33-24(32)28-14-10-20(11-15-28)29-16-7-18-5-3-4-6-21(18)25-23(29)31/h3-6,19-20H,7-17H2,1-2H3,(H,25,31). The van der Waals surface area contributed by atoms with Gasteiger partial charge in [0.1, 0.15) is 0 Å². The number of para-hydroxylation sites is 1. The third-order valence-electron chi connectivity index (χ3n) is 7.17. The molecule has 9 nitrogen and oxygen atoms in total. The highest BCUT2D eigenvalue weighted by Gasteiger charge is 2.32. The number of ether oxygens (including phenoxy) is 1. The van der Waals surface area contributed by atoms with E-state index in [1.807, 2.05) is 29.2 Å². The monoisotopic (exact) mass is 457 g/mol. The Morgan fingerprint density at radius 1 is 1.00 bits per heavy atom. The fraction of sp³-hybridized carbons (Fsp3) is 0.625. The Hall–Kier alpha value is -2.81. The molecule has 1 N–H and O–H groups in total. The minimum atomic E-state index is -0.447. The lowest BCUT2D eigenvalue weighted by atomic mass is 10.0. The Labute approximate surface area is 195 Å². The molecule has 33 heavy (non-hydrogen) atoms. The summed E-state index contributed by atoms with van der Waals surface area (Å²) in [6, 6.07) is 8.40. The number of likely N-dealkylation sites (tertiary alicyclic amines) is 2. The number of benzene rings is 1. The number of fused-ring (bicyclic) bond motifs is 1. The second kappa shape index (κ2) is 10.4. The van der Waals surface area contributed by atoms with E-state index in [4.69, 9.17) is 4.74 Å². The van der Waals surface area contributed by atoms with E-state index in [0.717, 1.165) is 30.5 Å². The Kier molecular flexibility index (Phi) is 7.37. The molecule has 3 aliphatic rings. The van der Waals surface area contributed by atoms with Gasteiger partial charge in [-0.15, -0.1) is 0 Å². The summed E-state index contributed by atoms with van der Waals surface area (Å²) in [6.07, 6.45) is 3.64. The number of anilines is 1. The molecule has 3 aliphatic heterocycles. The molecule has 0 atom stereocenters. The zero-order valence-corrected chi connectivity index (χ0v) is 19.7. The summed E-state index contributed by atoms with van der Waals surface area (Å²) in [4.78, 5) is 45.2. The molecule has 180 valence electrons.